The Labute approximate surface area is 163 Å². The molecule has 0 aliphatic rings. The van der Waals surface area contributed by atoms with Gasteiger partial charge in [0.15, 0.2) is 0 Å². The quantitative estimate of drug-likeness (QED) is 0.647. The zero-order valence-electron chi connectivity index (χ0n) is 15.0. The van der Waals surface area contributed by atoms with Crippen LogP contribution in [-0.4, -0.2) is 31.9 Å². The van der Waals surface area contributed by atoms with Crippen molar-refractivity contribution in [3.63, 3.8) is 0 Å². The van der Waals surface area contributed by atoms with E-state index in [0.29, 0.717) is 5.16 Å². The van der Waals surface area contributed by atoms with Crippen molar-refractivity contribution in [3.05, 3.63) is 59.2 Å². The summed E-state index contributed by atoms with van der Waals surface area (Å²) in [5.41, 5.74) is 2.03. The highest BCUT2D eigenvalue weighted by Gasteiger charge is 2.30. The van der Waals surface area contributed by atoms with Crippen LogP contribution in [0.2, 0.25) is 0 Å². The van der Waals surface area contributed by atoms with Gasteiger partial charge in [0.05, 0.1) is 17.0 Å². The molecule has 0 bridgehead atoms. The number of benzene rings is 2. The Hall–Kier alpha value is -2.88. The third-order valence-electron chi connectivity index (χ3n) is 3.90. The highest BCUT2D eigenvalue weighted by Crippen LogP contribution is 2.30. The van der Waals surface area contributed by atoms with Crippen molar-refractivity contribution in [2.75, 3.05) is 11.1 Å². The van der Waals surface area contributed by atoms with Gasteiger partial charge in [-0.05, 0) is 53.6 Å². The van der Waals surface area contributed by atoms with Crippen LogP contribution >= 0.6 is 11.8 Å². The molecule has 3 rings (SSSR count). The molecule has 0 fully saturated rings. The average molecular weight is 407 g/mol. The number of aryl methyl sites for hydroxylation is 2. The number of rotatable bonds is 5. The number of thioether (sulfide) groups is 1. The molecule has 28 heavy (non-hydrogen) atoms. The zero-order chi connectivity index (χ0) is 20.3. The first-order valence-electron chi connectivity index (χ1n) is 8.20. The van der Waals surface area contributed by atoms with Crippen LogP contribution in [0, 0.1) is 13.8 Å². The number of halogens is 3. The van der Waals surface area contributed by atoms with E-state index in [4.69, 9.17) is 0 Å². The van der Waals surface area contributed by atoms with Crippen molar-refractivity contribution in [1.82, 2.24) is 20.2 Å². The maximum atomic E-state index is 12.8. The van der Waals surface area contributed by atoms with Crippen LogP contribution in [0.5, 0.6) is 0 Å². The van der Waals surface area contributed by atoms with Crippen LogP contribution in [0.15, 0.2) is 47.6 Å². The van der Waals surface area contributed by atoms with Crippen LogP contribution in [0.25, 0.3) is 5.69 Å². The summed E-state index contributed by atoms with van der Waals surface area (Å²) in [7, 11) is 0. The number of aromatic nitrogens is 4. The molecule has 0 atom stereocenters. The minimum absolute atomic E-state index is 0.0540. The van der Waals surface area contributed by atoms with Crippen molar-refractivity contribution in [2.45, 2.75) is 25.2 Å². The number of alkyl halides is 3. The van der Waals surface area contributed by atoms with Gasteiger partial charge in [0.2, 0.25) is 11.1 Å². The Morgan fingerprint density at radius 1 is 1.14 bits per heavy atom. The second kappa shape index (κ2) is 8.01. The number of amides is 1. The number of tetrazole rings is 1. The van der Waals surface area contributed by atoms with Crippen molar-refractivity contribution in [1.29, 1.82) is 0 Å². The van der Waals surface area contributed by atoms with Crippen molar-refractivity contribution < 1.29 is 18.0 Å². The topological polar surface area (TPSA) is 72.7 Å². The molecular formula is C18H16F3N5OS. The summed E-state index contributed by atoms with van der Waals surface area (Å²) >= 11 is 1.10. The predicted molar refractivity (Wildman–Crippen MR) is 99.4 cm³/mol. The lowest BCUT2D eigenvalue weighted by atomic mass is 10.1. The molecule has 0 spiro atoms. The minimum atomic E-state index is -4.47. The lowest BCUT2D eigenvalue weighted by molar-refractivity contribution is -0.137. The summed E-state index contributed by atoms with van der Waals surface area (Å²) in [6, 6.07) is 10.3. The fraction of sp³-hybridized carbons (Fsp3) is 0.222. The monoisotopic (exact) mass is 407 g/mol. The first-order chi connectivity index (χ1) is 13.3. The van der Waals surface area contributed by atoms with Gasteiger partial charge in [-0.1, -0.05) is 36.0 Å². The van der Waals surface area contributed by atoms with E-state index in [0.717, 1.165) is 40.7 Å². The lowest BCUT2D eigenvalue weighted by Gasteiger charge is -2.11. The van der Waals surface area contributed by atoms with E-state index in [1.54, 1.807) is 4.68 Å². The van der Waals surface area contributed by atoms with E-state index in [-0.39, 0.29) is 11.4 Å². The van der Waals surface area contributed by atoms with Gasteiger partial charge in [-0.2, -0.15) is 17.9 Å². The molecule has 10 heteroatoms. The number of hydrogen-bond acceptors (Lipinski definition) is 5. The van der Waals surface area contributed by atoms with Crippen LogP contribution in [0.3, 0.4) is 0 Å². The van der Waals surface area contributed by atoms with Gasteiger partial charge in [0, 0.05) is 5.69 Å². The number of anilines is 1. The van der Waals surface area contributed by atoms with Gasteiger partial charge < -0.3 is 5.32 Å². The summed E-state index contributed by atoms with van der Waals surface area (Å²) in [4.78, 5) is 12.2. The van der Waals surface area contributed by atoms with Gasteiger partial charge >= 0.3 is 6.18 Å². The number of carbonyl (C=O) groups excluding carboxylic acids is 1. The van der Waals surface area contributed by atoms with E-state index in [9.17, 15) is 18.0 Å². The summed E-state index contributed by atoms with van der Waals surface area (Å²) in [6.45, 7) is 3.86. The summed E-state index contributed by atoms with van der Waals surface area (Å²) in [6.07, 6.45) is -4.47. The Bertz CT molecular complexity index is 983. The molecule has 0 saturated carbocycles. The largest absolute Gasteiger partial charge is 0.416 e. The standard InChI is InChI=1S/C18H16F3N5OS/c1-11-5-3-6-12(2)16(11)26-17(23-24-25-26)28-10-15(27)22-14-8-4-7-13(9-14)18(19,20)21/h3-9H,10H2,1-2H3,(H,22,27). The maximum Gasteiger partial charge on any atom is 0.416 e. The fourth-order valence-corrected chi connectivity index (χ4v) is 3.33. The Balaban J connectivity index is 1.69. The smallest absolute Gasteiger partial charge is 0.325 e. The zero-order valence-corrected chi connectivity index (χ0v) is 15.8. The van der Waals surface area contributed by atoms with Gasteiger partial charge in [-0.3, -0.25) is 4.79 Å². The second-order valence-corrected chi connectivity index (χ2v) is 6.97. The molecule has 1 N–H and O–H groups in total. The maximum absolute atomic E-state index is 12.8. The minimum Gasteiger partial charge on any atom is -0.325 e. The first kappa shape index (κ1) is 19.9. The average Bonchev–Trinajstić information content (AvgIpc) is 3.07. The summed E-state index contributed by atoms with van der Waals surface area (Å²) in [5, 5.41) is 14.5. The fourth-order valence-electron chi connectivity index (χ4n) is 2.65. The first-order valence-corrected chi connectivity index (χ1v) is 9.19. The van der Waals surface area contributed by atoms with E-state index in [1.165, 1.54) is 12.1 Å². The van der Waals surface area contributed by atoms with Crippen molar-refractivity contribution in [3.8, 4) is 5.69 Å². The number of nitrogens with one attached hydrogen (secondary N) is 1. The molecule has 6 nitrogen and oxygen atoms in total. The molecule has 146 valence electrons. The Kier molecular flexibility index (Phi) is 5.68. The third kappa shape index (κ3) is 4.50. The Morgan fingerprint density at radius 3 is 2.50 bits per heavy atom. The Morgan fingerprint density at radius 2 is 1.82 bits per heavy atom. The van der Waals surface area contributed by atoms with E-state index >= 15 is 0 Å². The number of nitrogens with zero attached hydrogens (tertiary/aromatic N) is 4. The summed E-state index contributed by atoms with van der Waals surface area (Å²) in [5.74, 6) is -0.512. The molecule has 0 aliphatic carbocycles. The van der Waals surface area contributed by atoms with Gasteiger partial charge in [-0.25, -0.2) is 0 Å². The van der Waals surface area contributed by atoms with Crippen LogP contribution < -0.4 is 5.32 Å². The van der Waals surface area contributed by atoms with Gasteiger partial charge in [0.1, 0.15) is 0 Å². The highest BCUT2D eigenvalue weighted by molar-refractivity contribution is 7.99. The molecule has 0 unspecified atom stereocenters. The van der Waals surface area contributed by atoms with E-state index in [1.807, 2.05) is 32.0 Å². The van der Waals surface area contributed by atoms with Crippen LogP contribution in [0.1, 0.15) is 16.7 Å². The van der Waals surface area contributed by atoms with E-state index < -0.39 is 17.6 Å². The number of hydrogen-bond donors (Lipinski definition) is 1. The summed E-state index contributed by atoms with van der Waals surface area (Å²) < 4.78 is 39.9. The lowest BCUT2D eigenvalue weighted by Crippen LogP contribution is -2.15. The molecule has 0 aliphatic heterocycles. The van der Waals surface area contributed by atoms with Crippen LogP contribution in [0.4, 0.5) is 18.9 Å². The normalized spacial score (nSPS) is 11.5. The molecule has 0 radical (unpaired) electrons. The molecule has 1 amide bonds. The van der Waals surface area contributed by atoms with Gasteiger partial charge in [-0.15, -0.1) is 5.10 Å². The third-order valence-corrected chi connectivity index (χ3v) is 4.82. The number of carbonyl (C=O) groups is 1. The van der Waals surface area contributed by atoms with Crippen molar-refractivity contribution in [2.24, 2.45) is 0 Å². The molecule has 3 aromatic rings. The molecule has 2 aromatic carbocycles. The molecule has 1 heterocycles. The number of para-hydroxylation sites is 1. The predicted octanol–water partition coefficient (Wildman–Crippen LogP) is 4.03. The van der Waals surface area contributed by atoms with Crippen LogP contribution in [-0.2, 0) is 11.0 Å². The SMILES string of the molecule is Cc1cccc(C)c1-n1nnnc1SCC(=O)Nc1cccc(C(F)(F)F)c1. The second-order valence-electron chi connectivity index (χ2n) is 6.03. The van der Waals surface area contributed by atoms with Crippen molar-refractivity contribution >= 4 is 23.4 Å². The van der Waals surface area contributed by atoms with Gasteiger partial charge in [0.25, 0.3) is 0 Å². The molecule has 0 saturated heterocycles. The van der Waals surface area contributed by atoms with E-state index in [2.05, 4.69) is 20.8 Å². The molecular weight excluding hydrogens is 391 g/mol. The highest BCUT2D eigenvalue weighted by atomic mass is 32.2. The molecule has 1 aromatic heterocycles.